The van der Waals surface area contributed by atoms with Gasteiger partial charge in [-0.25, -0.2) is 9.78 Å². The molecule has 0 amide bonds. The maximum absolute atomic E-state index is 11.4. The molecule has 2 aromatic rings. The van der Waals surface area contributed by atoms with Crippen LogP contribution in [0.4, 0.5) is 0 Å². The number of hydrogen-bond acceptors (Lipinski definition) is 6. The van der Waals surface area contributed by atoms with Gasteiger partial charge in [0.2, 0.25) is 5.76 Å². The van der Waals surface area contributed by atoms with Crippen molar-refractivity contribution >= 4 is 29.1 Å². The summed E-state index contributed by atoms with van der Waals surface area (Å²) in [5, 5.41) is 2.00. The first-order valence-electron chi connectivity index (χ1n) is 4.90. The van der Waals surface area contributed by atoms with Gasteiger partial charge in [0.15, 0.2) is 0 Å². The fourth-order valence-corrected chi connectivity index (χ4v) is 3.09. The summed E-state index contributed by atoms with van der Waals surface area (Å²) in [5.74, 6) is 0.475. The predicted octanol–water partition coefficient (Wildman–Crippen LogP) is 3.12. The first kappa shape index (κ1) is 12.2. The van der Waals surface area contributed by atoms with Gasteiger partial charge in [-0.2, -0.15) is 0 Å². The Labute approximate surface area is 107 Å². The van der Waals surface area contributed by atoms with Crippen LogP contribution in [-0.4, -0.2) is 18.1 Å². The molecule has 0 fully saturated rings. The molecule has 0 saturated carbocycles. The second-order valence-electron chi connectivity index (χ2n) is 3.31. The number of methoxy groups -OCH3 is 1. The molecule has 0 aliphatic carbocycles. The Bertz CT molecular complexity index is 518. The van der Waals surface area contributed by atoms with Crippen molar-refractivity contribution in [1.82, 2.24) is 4.98 Å². The van der Waals surface area contributed by atoms with E-state index in [1.165, 1.54) is 13.4 Å². The zero-order valence-corrected chi connectivity index (χ0v) is 11.1. The van der Waals surface area contributed by atoms with Crippen LogP contribution in [0.5, 0.6) is 0 Å². The first-order chi connectivity index (χ1) is 8.20. The maximum atomic E-state index is 11.4. The van der Waals surface area contributed by atoms with Crippen molar-refractivity contribution in [3.63, 3.8) is 0 Å². The summed E-state index contributed by atoms with van der Waals surface area (Å²) in [5.41, 5.74) is 1.84. The summed E-state index contributed by atoms with van der Waals surface area (Å²) in [7, 11) is 1.34. The molecule has 0 saturated heterocycles. The minimum atomic E-state index is -0.444. The predicted molar refractivity (Wildman–Crippen MR) is 66.5 cm³/mol. The monoisotopic (exact) mass is 269 g/mol. The number of thioether (sulfide) groups is 1. The van der Waals surface area contributed by atoms with E-state index in [1.54, 1.807) is 29.2 Å². The molecule has 0 aromatic carbocycles. The van der Waals surface area contributed by atoms with E-state index >= 15 is 0 Å². The molecule has 0 atom stereocenters. The van der Waals surface area contributed by atoms with Gasteiger partial charge >= 0.3 is 5.97 Å². The van der Waals surface area contributed by atoms with E-state index in [2.05, 4.69) is 9.72 Å². The number of carbonyl (C=O) groups excluding carboxylic acids is 1. The molecular weight excluding hydrogens is 258 g/mol. The van der Waals surface area contributed by atoms with Gasteiger partial charge in [-0.15, -0.1) is 11.3 Å². The lowest BCUT2D eigenvalue weighted by Crippen LogP contribution is -2.02. The molecule has 0 bridgehead atoms. The van der Waals surface area contributed by atoms with Gasteiger partial charge in [-0.3, -0.25) is 0 Å². The highest BCUT2D eigenvalue weighted by Crippen LogP contribution is 2.27. The molecule has 0 unspecified atom stereocenters. The largest absolute Gasteiger partial charge is 0.463 e. The lowest BCUT2D eigenvalue weighted by atomic mass is 10.3. The SMILES string of the molecule is COC(=O)c1occc1CSc1nc(C)cs1. The molecule has 0 aliphatic heterocycles. The number of ether oxygens (including phenoxy) is 1. The van der Waals surface area contributed by atoms with Gasteiger partial charge in [-0.1, -0.05) is 11.8 Å². The number of aryl methyl sites for hydroxylation is 1. The van der Waals surface area contributed by atoms with Crippen LogP contribution in [0.3, 0.4) is 0 Å². The summed E-state index contributed by atoms with van der Waals surface area (Å²) in [4.78, 5) is 15.7. The average molecular weight is 269 g/mol. The fraction of sp³-hybridized carbons (Fsp3) is 0.273. The van der Waals surface area contributed by atoms with E-state index in [4.69, 9.17) is 4.42 Å². The second-order valence-corrected chi connectivity index (χ2v) is 5.39. The van der Waals surface area contributed by atoms with Crippen molar-refractivity contribution in [1.29, 1.82) is 0 Å². The molecule has 4 nitrogen and oxygen atoms in total. The number of furan rings is 1. The van der Waals surface area contributed by atoms with E-state index in [0.717, 1.165) is 15.6 Å². The van der Waals surface area contributed by atoms with Crippen LogP contribution >= 0.6 is 23.1 Å². The van der Waals surface area contributed by atoms with Gasteiger partial charge in [0.05, 0.1) is 13.4 Å². The molecule has 0 N–H and O–H groups in total. The number of carbonyl (C=O) groups is 1. The molecule has 0 radical (unpaired) electrons. The number of esters is 1. The van der Waals surface area contributed by atoms with E-state index < -0.39 is 5.97 Å². The third kappa shape index (κ3) is 2.89. The van der Waals surface area contributed by atoms with Gasteiger partial charge < -0.3 is 9.15 Å². The first-order valence-corrected chi connectivity index (χ1v) is 6.77. The van der Waals surface area contributed by atoms with Crippen molar-refractivity contribution in [2.24, 2.45) is 0 Å². The number of nitrogens with zero attached hydrogens (tertiary/aromatic N) is 1. The smallest absolute Gasteiger partial charge is 0.374 e. The fourth-order valence-electron chi connectivity index (χ4n) is 1.26. The Balaban J connectivity index is 2.04. The lowest BCUT2D eigenvalue weighted by Gasteiger charge is -1.99. The van der Waals surface area contributed by atoms with Crippen LogP contribution in [0.25, 0.3) is 0 Å². The van der Waals surface area contributed by atoms with Crippen LogP contribution in [0.15, 0.2) is 26.5 Å². The maximum Gasteiger partial charge on any atom is 0.374 e. The normalized spacial score (nSPS) is 10.5. The zero-order valence-electron chi connectivity index (χ0n) is 9.43. The van der Waals surface area contributed by atoms with Crippen molar-refractivity contribution < 1.29 is 13.9 Å². The van der Waals surface area contributed by atoms with Crippen molar-refractivity contribution in [3.05, 3.63) is 34.7 Å². The Morgan fingerprint density at radius 1 is 1.65 bits per heavy atom. The van der Waals surface area contributed by atoms with Gasteiger partial charge in [0, 0.05) is 22.4 Å². The second kappa shape index (κ2) is 5.37. The van der Waals surface area contributed by atoms with E-state index in [1.807, 2.05) is 12.3 Å². The Morgan fingerprint density at radius 3 is 3.12 bits per heavy atom. The molecule has 0 spiro atoms. The third-order valence-electron chi connectivity index (χ3n) is 2.07. The average Bonchev–Trinajstić information content (AvgIpc) is 2.94. The van der Waals surface area contributed by atoms with Crippen LogP contribution in [0, 0.1) is 6.92 Å². The minimum absolute atomic E-state index is 0.272. The van der Waals surface area contributed by atoms with Crippen LogP contribution < -0.4 is 0 Å². The van der Waals surface area contributed by atoms with Crippen LogP contribution in [0.1, 0.15) is 21.8 Å². The number of aromatic nitrogens is 1. The highest BCUT2D eigenvalue weighted by molar-refractivity contribution is 8.00. The van der Waals surface area contributed by atoms with E-state index in [-0.39, 0.29) is 5.76 Å². The van der Waals surface area contributed by atoms with Crippen molar-refractivity contribution in [2.45, 2.75) is 17.0 Å². The molecule has 2 heterocycles. The van der Waals surface area contributed by atoms with Gasteiger partial charge in [0.25, 0.3) is 0 Å². The third-order valence-corrected chi connectivity index (χ3v) is 4.25. The lowest BCUT2D eigenvalue weighted by molar-refractivity contribution is 0.0564. The van der Waals surface area contributed by atoms with Crippen LogP contribution in [0.2, 0.25) is 0 Å². The number of thiazole rings is 1. The summed E-state index contributed by atoms with van der Waals surface area (Å²) in [6.45, 7) is 1.96. The standard InChI is InChI=1S/C11H11NO3S2/c1-7-5-16-11(12-7)17-6-8-3-4-15-9(8)10(13)14-2/h3-5H,6H2,1-2H3. The van der Waals surface area contributed by atoms with Crippen molar-refractivity contribution in [3.8, 4) is 0 Å². The van der Waals surface area contributed by atoms with Gasteiger partial charge in [0.1, 0.15) is 4.34 Å². The molecular formula is C11H11NO3S2. The topological polar surface area (TPSA) is 52.3 Å². The van der Waals surface area contributed by atoms with E-state index in [9.17, 15) is 4.79 Å². The molecule has 6 heteroatoms. The molecule has 0 aliphatic rings. The Morgan fingerprint density at radius 2 is 2.47 bits per heavy atom. The van der Waals surface area contributed by atoms with Crippen LogP contribution in [-0.2, 0) is 10.5 Å². The Kier molecular flexibility index (Phi) is 3.86. The summed E-state index contributed by atoms with van der Waals surface area (Å²) in [6.07, 6.45) is 1.50. The minimum Gasteiger partial charge on any atom is -0.463 e. The van der Waals surface area contributed by atoms with Crippen molar-refractivity contribution in [2.75, 3.05) is 7.11 Å². The van der Waals surface area contributed by atoms with E-state index in [0.29, 0.717) is 5.75 Å². The molecule has 2 aromatic heterocycles. The Hall–Kier alpha value is -1.27. The molecule has 2 rings (SSSR count). The number of hydrogen-bond donors (Lipinski definition) is 0. The summed E-state index contributed by atoms with van der Waals surface area (Å²) in [6, 6.07) is 1.78. The zero-order chi connectivity index (χ0) is 12.3. The summed E-state index contributed by atoms with van der Waals surface area (Å²) >= 11 is 3.18. The summed E-state index contributed by atoms with van der Waals surface area (Å²) < 4.78 is 10.7. The van der Waals surface area contributed by atoms with Gasteiger partial charge in [-0.05, 0) is 13.0 Å². The highest BCUT2D eigenvalue weighted by Gasteiger charge is 2.16. The molecule has 17 heavy (non-hydrogen) atoms. The quantitative estimate of drug-likeness (QED) is 0.630. The highest BCUT2D eigenvalue weighted by atomic mass is 32.2. The molecule has 90 valence electrons. The number of rotatable bonds is 4.